The number of carbonyl (C=O) groups is 2. The summed E-state index contributed by atoms with van der Waals surface area (Å²) in [6.45, 7) is 0.492. The molecule has 1 aromatic carbocycles. The van der Waals surface area contributed by atoms with E-state index in [2.05, 4.69) is 4.98 Å². The van der Waals surface area contributed by atoms with Gasteiger partial charge in [-0.05, 0) is 42.3 Å². The molecule has 3 rings (SSSR count). The molecule has 1 aliphatic heterocycles. The number of carboxylic acid groups (broad SMARTS) is 1. The van der Waals surface area contributed by atoms with Crippen LogP contribution in [0.2, 0.25) is 5.02 Å². The van der Waals surface area contributed by atoms with Crippen molar-refractivity contribution in [3.63, 3.8) is 0 Å². The molecule has 1 amide bonds. The summed E-state index contributed by atoms with van der Waals surface area (Å²) in [6, 6.07) is 8.17. The molecule has 0 saturated heterocycles. The van der Waals surface area contributed by atoms with Crippen LogP contribution in [-0.4, -0.2) is 28.5 Å². The van der Waals surface area contributed by atoms with Crippen molar-refractivity contribution in [1.82, 2.24) is 4.98 Å². The second-order valence-corrected chi connectivity index (χ2v) is 5.15. The van der Waals surface area contributed by atoms with Crippen LogP contribution in [0.3, 0.4) is 0 Å². The molecule has 0 spiro atoms. The molecule has 5 nitrogen and oxygen atoms in total. The number of hydrogen-bond donors (Lipinski definition) is 1. The van der Waals surface area contributed by atoms with Crippen molar-refractivity contribution < 1.29 is 14.7 Å². The molecule has 1 aliphatic rings. The van der Waals surface area contributed by atoms with E-state index in [1.165, 1.54) is 12.3 Å². The minimum Gasteiger partial charge on any atom is -0.478 e. The molecule has 1 N–H and O–H groups in total. The third kappa shape index (κ3) is 2.48. The molecule has 0 fully saturated rings. The highest BCUT2D eigenvalue weighted by atomic mass is 35.5. The number of pyridine rings is 1. The van der Waals surface area contributed by atoms with Gasteiger partial charge in [-0.2, -0.15) is 0 Å². The SMILES string of the molecule is O=C(O)c1ccc(N2CCc3cc(Cl)ccc3C2=O)nc1. The van der Waals surface area contributed by atoms with Crippen LogP contribution < -0.4 is 4.90 Å². The number of carboxylic acids is 1. The Bertz CT molecular complexity index is 728. The number of amides is 1. The highest BCUT2D eigenvalue weighted by Gasteiger charge is 2.26. The van der Waals surface area contributed by atoms with E-state index in [-0.39, 0.29) is 11.5 Å². The number of benzene rings is 1. The number of nitrogens with zero attached hydrogens (tertiary/aromatic N) is 2. The molecule has 0 aliphatic carbocycles. The van der Waals surface area contributed by atoms with E-state index >= 15 is 0 Å². The molecule has 0 radical (unpaired) electrons. The summed E-state index contributed by atoms with van der Waals surface area (Å²) in [5.41, 5.74) is 1.62. The van der Waals surface area contributed by atoms with Gasteiger partial charge in [-0.25, -0.2) is 9.78 Å². The summed E-state index contributed by atoms with van der Waals surface area (Å²) >= 11 is 5.93. The van der Waals surface area contributed by atoms with Crippen molar-refractivity contribution in [2.24, 2.45) is 0 Å². The van der Waals surface area contributed by atoms with Gasteiger partial charge in [-0.15, -0.1) is 0 Å². The summed E-state index contributed by atoms with van der Waals surface area (Å²) in [4.78, 5) is 28.9. The summed E-state index contributed by atoms with van der Waals surface area (Å²) in [7, 11) is 0. The fourth-order valence-electron chi connectivity index (χ4n) is 2.35. The molecule has 6 heteroatoms. The molecule has 0 bridgehead atoms. The van der Waals surface area contributed by atoms with Gasteiger partial charge in [0, 0.05) is 23.3 Å². The normalized spacial score (nSPS) is 14.0. The fourth-order valence-corrected chi connectivity index (χ4v) is 2.54. The average Bonchev–Trinajstić information content (AvgIpc) is 2.47. The van der Waals surface area contributed by atoms with Crippen molar-refractivity contribution in [3.05, 3.63) is 58.2 Å². The number of halogens is 1. The van der Waals surface area contributed by atoms with E-state index in [0.29, 0.717) is 29.4 Å². The second kappa shape index (κ2) is 5.18. The number of fused-ring (bicyclic) bond motifs is 1. The van der Waals surface area contributed by atoms with E-state index in [1.54, 1.807) is 29.2 Å². The Morgan fingerprint density at radius 3 is 2.76 bits per heavy atom. The van der Waals surface area contributed by atoms with Gasteiger partial charge in [-0.1, -0.05) is 11.6 Å². The molecule has 2 aromatic rings. The van der Waals surface area contributed by atoms with Crippen LogP contribution in [0.4, 0.5) is 5.82 Å². The topological polar surface area (TPSA) is 70.5 Å². The lowest BCUT2D eigenvalue weighted by Gasteiger charge is -2.27. The number of carbonyl (C=O) groups excluding carboxylic acids is 1. The summed E-state index contributed by atoms with van der Waals surface area (Å²) in [6.07, 6.45) is 1.94. The molecule has 2 heterocycles. The average molecular weight is 303 g/mol. The number of anilines is 1. The van der Waals surface area contributed by atoms with Crippen molar-refractivity contribution in [1.29, 1.82) is 0 Å². The van der Waals surface area contributed by atoms with E-state index < -0.39 is 5.97 Å². The van der Waals surface area contributed by atoms with Crippen LogP contribution in [0.5, 0.6) is 0 Å². The van der Waals surface area contributed by atoms with Crippen LogP contribution in [0.1, 0.15) is 26.3 Å². The predicted molar refractivity (Wildman–Crippen MR) is 78.0 cm³/mol. The van der Waals surface area contributed by atoms with Crippen molar-refractivity contribution in [3.8, 4) is 0 Å². The van der Waals surface area contributed by atoms with Crippen molar-refractivity contribution in [2.75, 3.05) is 11.4 Å². The lowest BCUT2D eigenvalue weighted by atomic mass is 9.99. The number of hydrogen-bond acceptors (Lipinski definition) is 3. The predicted octanol–water partition coefficient (Wildman–Crippen LogP) is 2.64. The highest BCUT2D eigenvalue weighted by molar-refractivity contribution is 6.30. The van der Waals surface area contributed by atoms with Gasteiger partial charge in [0.15, 0.2) is 0 Å². The van der Waals surface area contributed by atoms with Crippen LogP contribution in [0, 0.1) is 0 Å². The Hall–Kier alpha value is -2.40. The molecule has 1 aromatic heterocycles. The first-order valence-corrected chi connectivity index (χ1v) is 6.73. The van der Waals surface area contributed by atoms with Crippen LogP contribution in [-0.2, 0) is 6.42 Å². The quantitative estimate of drug-likeness (QED) is 0.926. The first-order chi connectivity index (χ1) is 10.1. The van der Waals surface area contributed by atoms with Crippen LogP contribution in [0.15, 0.2) is 36.5 Å². The maximum absolute atomic E-state index is 12.5. The largest absolute Gasteiger partial charge is 0.478 e. The van der Waals surface area contributed by atoms with E-state index in [1.807, 2.05) is 0 Å². The minimum absolute atomic E-state index is 0.0930. The maximum Gasteiger partial charge on any atom is 0.337 e. The lowest BCUT2D eigenvalue weighted by Crippen LogP contribution is -2.38. The number of aromatic carboxylic acids is 1. The summed E-state index contributed by atoms with van der Waals surface area (Å²) in [5, 5.41) is 9.47. The first kappa shape index (κ1) is 13.6. The van der Waals surface area contributed by atoms with Gasteiger partial charge in [0.1, 0.15) is 5.82 Å². The summed E-state index contributed by atoms with van der Waals surface area (Å²) in [5.74, 6) is -0.743. The monoisotopic (exact) mass is 302 g/mol. The molecule has 0 atom stereocenters. The zero-order valence-electron chi connectivity index (χ0n) is 10.9. The van der Waals surface area contributed by atoms with E-state index in [4.69, 9.17) is 16.7 Å². The van der Waals surface area contributed by atoms with E-state index in [9.17, 15) is 9.59 Å². The molecule has 0 saturated carbocycles. The molecule has 0 unspecified atom stereocenters. The van der Waals surface area contributed by atoms with Gasteiger partial charge in [0.05, 0.1) is 5.56 Å². The lowest BCUT2D eigenvalue weighted by molar-refractivity contribution is 0.0696. The second-order valence-electron chi connectivity index (χ2n) is 4.72. The maximum atomic E-state index is 12.5. The molecular formula is C15H11ClN2O3. The first-order valence-electron chi connectivity index (χ1n) is 6.36. The Morgan fingerprint density at radius 1 is 1.29 bits per heavy atom. The Morgan fingerprint density at radius 2 is 2.10 bits per heavy atom. The number of rotatable bonds is 2. The van der Waals surface area contributed by atoms with Gasteiger partial charge in [-0.3, -0.25) is 9.69 Å². The van der Waals surface area contributed by atoms with Crippen molar-refractivity contribution >= 4 is 29.3 Å². The molecular weight excluding hydrogens is 292 g/mol. The summed E-state index contributed by atoms with van der Waals surface area (Å²) < 4.78 is 0. The zero-order valence-corrected chi connectivity index (χ0v) is 11.7. The highest BCUT2D eigenvalue weighted by Crippen LogP contribution is 2.25. The third-order valence-corrected chi connectivity index (χ3v) is 3.65. The van der Waals surface area contributed by atoms with Crippen molar-refractivity contribution in [2.45, 2.75) is 6.42 Å². The van der Waals surface area contributed by atoms with Gasteiger partial charge < -0.3 is 5.11 Å². The van der Waals surface area contributed by atoms with Gasteiger partial charge in [0.2, 0.25) is 0 Å². The van der Waals surface area contributed by atoms with Gasteiger partial charge in [0.25, 0.3) is 5.91 Å². The molecule has 106 valence electrons. The van der Waals surface area contributed by atoms with Crippen LogP contribution >= 0.6 is 11.6 Å². The molecule has 21 heavy (non-hydrogen) atoms. The fraction of sp³-hybridized carbons (Fsp3) is 0.133. The van der Waals surface area contributed by atoms with Gasteiger partial charge >= 0.3 is 5.97 Å². The minimum atomic E-state index is -1.04. The smallest absolute Gasteiger partial charge is 0.337 e. The number of aromatic nitrogens is 1. The standard InChI is InChI=1S/C15H11ClN2O3/c16-11-2-3-12-9(7-11)5-6-18(14(12)19)13-4-1-10(8-17-13)15(20)21/h1-4,7-8H,5-6H2,(H,20,21). The zero-order chi connectivity index (χ0) is 15.0. The third-order valence-electron chi connectivity index (χ3n) is 3.42. The Kier molecular flexibility index (Phi) is 3.35. The Balaban J connectivity index is 1.92. The Labute approximate surface area is 125 Å². The van der Waals surface area contributed by atoms with E-state index in [0.717, 1.165) is 5.56 Å². The van der Waals surface area contributed by atoms with Crippen LogP contribution in [0.25, 0.3) is 0 Å².